The van der Waals surface area contributed by atoms with Gasteiger partial charge in [0, 0.05) is 23.4 Å². The Morgan fingerprint density at radius 2 is 2.10 bits per heavy atom. The average molecular weight is 439 g/mol. The van der Waals surface area contributed by atoms with Crippen LogP contribution in [-0.2, 0) is 16.6 Å². The molecule has 9 nitrogen and oxygen atoms in total. The molecule has 0 bridgehead atoms. The molecule has 1 aliphatic carbocycles. The highest BCUT2D eigenvalue weighted by Crippen LogP contribution is 2.51. The molecule has 0 atom stereocenters. The predicted octanol–water partition coefficient (Wildman–Crippen LogP) is 3.43. The molecule has 160 valence electrons. The minimum absolute atomic E-state index is 0.254. The van der Waals surface area contributed by atoms with Crippen LogP contribution in [0.5, 0.6) is 6.01 Å². The topological polar surface area (TPSA) is 135 Å². The van der Waals surface area contributed by atoms with E-state index in [0.29, 0.717) is 35.0 Å². The smallest absolute Gasteiger partial charge is 0.412 e. The molecule has 10 heteroatoms. The lowest BCUT2D eigenvalue weighted by Crippen LogP contribution is -2.61. The second-order valence-electron chi connectivity index (χ2n) is 8.85. The maximum atomic E-state index is 12.3. The third-order valence-electron chi connectivity index (χ3n) is 5.46. The molecule has 2 N–H and O–H groups in total. The van der Waals surface area contributed by atoms with Gasteiger partial charge in [-0.3, -0.25) is 5.32 Å². The zero-order chi connectivity index (χ0) is 22.4. The number of hydrogen-bond donors (Lipinski definition) is 2. The van der Waals surface area contributed by atoms with Crippen molar-refractivity contribution in [3.05, 3.63) is 27.8 Å². The van der Waals surface area contributed by atoms with Crippen LogP contribution in [0.3, 0.4) is 0 Å². The van der Waals surface area contributed by atoms with Crippen LogP contribution in [-0.4, -0.2) is 39.9 Å². The minimum Gasteiger partial charge on any atom is -0.479 e. The summed E-state index contributed by atoms with van der Waals surface area (Å²) < 4.78 is 5.35. The maximum Gasteiger partial charge on any atom is 0.412 e. The van der Waals surface area contributed by atoms with Crippen molar-refractivity contribution < 1.29 is 14.6 Å². The number of nitriles is 2. The summed E-state index contributed by atoms with van der Waals surface area (Å²) >= 11 is 1.43. The van der Waals surface area contributed by atoms with Crippen molar-refractivity contribution in [3.63, 3.8) is 0 Å². The number of nitrogens with one attached hydrogen (secondary N) is 1. The van der Waals surface area contributed by atoms with Crippen molar-refractivity contribution in [1.82, 2.24) is 9.97 Å². The number of hydrogen-bond acceptors (Lipinski definition) is 9. The molecule has 2 aromatic heterocycles. The van der Waals surface area contributed by atoms with Gasteiger partial charge in [-0.1, -0.05) is 0 Å². The van der Waals surface area contributed by atoms with E-state index >= 15 is 0 Å². The highest BCUT2D eigenvalue weighted by molar-refractivity contribution is 7.16. The van der Waals surface area contributed by atoms with Crippen LogP contribution in [0.2, 0.25) is 0 Å². The molecule has 3 heterocycles. The van der Waals surface area contributed by atoms with Crippen molar-refractivity contribution in [1.29, 1.82) is 10.5 Å². The Morgan fingerprint density at radius 1 is 1.35 bits per heavy atom. The highest BCUT2D eigenvalue weighted by Gasteiger charge is 2.50. The van der Waals surface area contributed by atoms with Gasteiger partial charge >= 0.3 is 12.1 Å². The van der Waals surface area contributed by atoms with Gasteiger partial charge in [-0.15, -0.1) is 11.3 Å². The van der Waals surface area contributed by atoms with Crippen molar-refractivity contribution >= 4 is 28.2 Å². The number of aryl methyl sites for hydroxylation is 1. The minimum atomic E-state index is -0.634. The fourth-order valence-electron chi connectivity index (χ4n) is 4.35. The number of carbonyl (C=O) groups excluding carboxylic acids is 1. The fourth-order valence-corrected chi connectivity index (χ4v) is 5.65. The zero-order valence-corrected chi connectivity index (χ0v) is 18.3. The number of ether oxygens (including phenoxy) is 1. The zero-order valence-electron chi connectivity index (χ0n) is 17.5. The number of aromatic nitrogens is 2. The van der Waals surface area contributed by atoms with Gasteiger partial charge in [0.2, 0.25) is 0 Å². The molecule has 1 saturated heterocycles. The Morgan fingerprint density at radius 3 is 2.74 bits per heavy atom. The monoisotopic (exact) mass is 438 g/mol. The number of fused-ring (bicyclic) bond motifs is 2. The molecule has 0 unspecified atom stereocenters. The van der Waals surface area contributed by atoms with Gasteiger partial charge in [0.25, 0.3) is 0 Å². The SMILES string of the molecule is CC(C)(C)OC(=O)Nc1sc2c(c1C#N)C1(CCC2)CN(c2nc(O)ncc2C#N)C1. The number of thiophene rings is 1. The molecule has 2 aliphatic rings. The van der Waals surface area contributed by atoms with Crippen molar-refractivity contribution in [2.75, 3.05) is 23.3 Å². The Kier molecular flexibility index (Phi) is 4.98. The summed E-state index contributed by atoms with van der Waals surface area (Å²) in [6.45, 7) is 6.51. The van der Waals surface area contributed by atoms with Crippen LogP contribution in [0.15, 0.2) is 6.20 Å². The molecule has 31 heavy (non-hydrogen) atoms. The standard InChI is InChI=1S/C21H22N6O3S/c1-20(2,3)30-19(29)26-17-13(8-23)15-14(31-17)5-4-6-21(15)10-27(11-21)16-12(7-22)9-24-18(28)25-16/h9H,4-6,10-11H2,1-3H3,(H,26,29)(H,24,25,28). The molecule has 4 rings (SSSR count). The van der Waals surface area contributed by atoms with Crippen LogP contribution < -0.4 is 10.2 Å². The Labute approximate surface area is 183 Å². The van der Waals surface area contributed by atoms with E-state index in [9.17, 15) is 20.4 Å². The van der Waals surface area contributed by atoms with Gasteiger partial charge in [0.1, 0.15) is 28.3 Å². The first kappa shape index (κ1) is 20.9. The van der Waals surface area contributed by atoms with Crippen LogP contribution >= 0.6 is 11.3 Å². The Balaban J connectivity index is 1.63. The van der Waals surface area contributed by atoms with Gasteiger partial charge in [-0.2, -0.15) is 15.5 Å². The van der Waals surface area contributed by atoms with Gasteiger partial charge in [-0.25, -0.2) is 9.78 Å². The lowest BCUT2D eigenvalue weighted by Gasteiger charge is -2.53. The summed E-state index contributed by atoms with van der Waals surface area (Å²) in [4.78, 5) is 23.0. The number of aromatic hydroxyl groups is 1. The van der Waals surface area contributed by atoms with E-state index in [1.165, 1.54) is 17.5 Å². The summed E-state index contributed by atoms with van der Waals surface area (Å²) in [6, 6.07) is 3.97. The molecular weight excluding hydrogens is 416 g/mol. The lowest BCUT2D eigenvalue weighted by atomic mass is 9.66. The summed E-state index contributed by atoms with van der Waals surface area (Å²) in [5, 5.41) is 32.2. The van der Waals surface area contributed by atoms with E-state index in [0.717, 1.165) is 29.7 Å². The molecule has 0 aromatic carbocycles. The first-order valence-corrected chi connectivity index (χ1v) is 10.7. The van der Waals surface area contributed by atoms with E-state index in [-0.39, 0.29) is 11.4 Å². The lowest BCUT2D eigenvalue weighted by molar-refractivity contribution is 0.0636. The third-order valence-corrected chi connectivity index (χ3v) is 6.62. The van der Waals surface area contributed by atoms with E-state index < -0.39 is 11.7 Å². The normalized spacial score (nSPS) is 16.6. The molecule has 1 aliphatic heterocycles. The largest absolute Gasteiger partial charge is 0.479 e. The van der Waals surface area contributed by atoms with E-state index in [1.807, 2.05) is 4.90 Å². The highest BCUT2D eigenvalue weighted by atomic mass is 32.1. The molecule has 1 fully saturated rings. The summed E-state index contributed by atoms with van der Waals surface area (Å²) in [5.41, 5.74) is 0.866. The Hall–Kier alpha value is -3.37. The average Bonchev–Trinajstić information content (AvgIpc) is 3.01. The van der Waals surface area contributed by atoms with Gasteiger partial charge in [0.05, 0.1) is 11.8 Å². The molecule has 0 radical (unpaired) electrons. The first-order chi connectivity index (χ1) is 14.7. The first-order valence-electron chi connectivity index (χ1n) is 9.93. The predicted molar refractivity (Wildman–Crippen MR) is 114 cm³/mol. The van der Waals surface area contributed by atoms with Crippen molar-refractivity contribution in [2.24, 2.45) is 0 Å². The van der Waals surface area contributed by atoms with Crippen LogP contribution in [0.1, 0.15) is 55.2 Å². The quantitative estimate of drug-likeness (QED) is 0.728. The van der Waals surface area contributed by atoms with E-state index in [4.69, 9.17) is 4.74 Å². The number of rotatable bonds is 2. The third kappa shape index (κ3) is 3.75. The van der Waals surface area contributed by atoms with E-state index in [2.05, 4.69) is 27.4 Å². The summed E-state index contributed by atoms with van der Waals surface area (Å²) in [6.07, 6.45) is 3.44. The maximum absolute atomic E-state index is 12.3. The van der Waals surface area contributed by atoms with Gasteiger partial charge in [0.15, 0.2) is 5.82 Å². The second-order valence-corrected chi connectivity index (χ2v) is 9.96. The molecule has 0 saturated carbocycles. The second kappa shape index (κ2) is 7.40. The van der Waals surface area contributed by atoms with Crippen LogP contribution in [0.25, 0.3) is 0 Å². The van der Waals surface area contributed by atoms with Gasteiger partial charge in [-0.05, 0) is 45.6 Å². The summed E-state index contributed by atoms with van der Waals surface area (Å²) in [5.74, 6) is 0.397. The number of anilines is 2. The fraction of sp³-hybridized carbons (Fsp3) is 0.476. The van der Waals surface area contributed by atoms with Crippen molar-refractivity contribution in [2.45, 2.75) is 51.0 Å². The van der Waals surface area contributed by atoms with Crippen molar-refractivity contribution in [3.8, 4) is 18.1 Å². The molecule has 2 aromatic rings. The number of amides is 1. The Bertz CT molecular complexity index is 1130. The van der Waals surface area contributed by atoms with Crippen LogP contribution in [0, 0.1) is 22.7 Å². The number of carbonyl (C=O) groups is 1. The van der Waals surface area contributed by atoms with Gasteiger partial charge < -0.3 is 14.7 Å². The summed E-state index contributed by atoms with van der Waals surface area (Å²) in [7, 11) is 0. The molecule has 1 amide bonds. The van der Waals surface area contributed by atoms with Crippen LogP contribution in [0.4, 0.5) is 15.6 Å². The molecular formula is C21H22N6O3S. The number of nitrogens with zero attached hydrogens (tertiary/aromatic N) is 5. The molecule has 1 spiro atoms. The van der Waals surface area contributed by atoms with E-state index in [1.54, 1.807) is 20.8 Å².